The average molecular weight is 583 g/mol. The van der Waals surface area contributed by atoms with Gasteiger partial charge < -0.3 is 14.2 Å². The van der Waals surface area contributed by atoms with E-state index < -0.39 is 5.97 Å². The number of carbonyl (C=O) groups excluding carboxylic acids is 2. The first-order valence-electron chi connectivity index (χ1n) is 15.9. The van der Waals surface area contributed by atoms with E-state index in [1.807, 2.05) is 31.2 Å². The molecule has 0 amide bonds. The van der Waals surface area contributed by atoms with Crippen LogP contribution in [0.2, 0.25) is 0 Å². The number of benzene rings is 3. The molecule has 0 fully saturated rings. The van der Waals surface area contributed by atoms with Gasteiger partial charge in [-0.2, -0.15) is 0 Å². The molecule has 0 aliphatic heterocycles. The molecule has 0 aromatic heterocycles. The summed E-state index contributed by atoms with van der Waals surface area (Å²) in [6.45, 7) is 7.04. The summed E-state index contributed by atoms with van der Waals surface area (Å²) < 4.78 is 16.9. The molecule has 0 radical (unpaired) electrons. The first-order valence-corrected chi connectivity index (χ1v) is 15.9. The van der Waals surface area contributed by atoms with Gasteiger partial charge in [0, 0.05) is 11.1 Å². The highest BCUT2D eigenvalue weighted by molar-refractivity contribution is 5.91. The highest BCUT2D eigenvalue weighted by Gasteiger charge is 2.12. The van der Waals surface area contributed by atoms with Gasteiger partial charge in [0.05, 0.1) is 23.8 Å². The fourth-order valence-corrected chi connectivity index (χ4v) is 4.53. The summed E-state index contributed by atoms with van der Waals surface area (Å²) in [5, 5.41) is 0. The largest absolute Gasteiger partial charge is 0.494 e. The zero-order valence-corrected chi connectivity index (χ0v) is 26.0. The maximum absolute atomic E-state index is 12.6. The molecule has 1 atom stereocenters. The number of rotatable bonds is 17. The van der Waals surface area contributed by atoms with Crippen molar-refractivity contribution in [2.45, 2.75) is 97.5 Å². The lowest BCUT2D eigenvalue weighted by Gasteiger charge is -2.13. The number of ether oxygens (including phenoxy) is 3. The Morgan fingerprint density at radius 2 is 1.09 bits per heavy atom. The summed E-state index contributed by atoms with van der Waals surface area (Å²) in [4.78, 5) is 25.0. The minimum Gasteiger partial charge on any atom is -0.494 e. The molecule has 3 aromatic rings. The number of hydrogen-bond acceptors (Lipinski definition) is 5. The SMILES string of the molecule is CCCCCCCCOc1ccc(OC(=O)c2ccc(C#Cc3ccc(C(=O)O[C@H](C)CCCCCC)cc3)cc2)cc1. The molecule has 0 saturated carbocycles. The highest BCUT2D eigenvalue weighted by atomic mass is 16.5. The Labute approximate surface area is 258 Å². The monoisotopic (exact) mass is 582 g/mol. The van der Waals surface area contributed by atoms with Crippen LogP contribution in [-0.4, -0.2) is 24.6 Å². The van der Waals surface area contributed by atoms with E-state index in [-0.39, 0.29) is 12.1 Å². The van der Waals surface area contributed by atoms with Gasteiger partial charge in [0.25, 0.3) is 0 Å². The second kappa shape index (κ2) is 19.2. The Morgan fingerprint density at radius 3 is 1.67 bits per heavy atom. The number of unbranched alkanes of at least 4 members (excludes halogenated alkanes) is 8. The Morgan fingerprint density at radius 1 is 0.605 bits per heavy atom. The van der Waals surface area contributed by atoms with E-state index in [2.05, 4.69) is 25.7 Å². The predicted molar refractivity (Wildman–Crippen MR) is 173 cm³/mol. The third-order valence-corrected chi connectivity index (χ3v) is 7.17. The van der Waals surface area contributed by atoms with Gasteiger partial charge in [0.2, 0.25) is 0 Å². The van der Waals surface area contributed by atoms with Crippen LogP contribution in [0.25, 0.3) is 0 Å². The Balaban J connectivity index is 1.43. The molecule has 5 nitrogen and oxygen atoms in total. The van der Waals surface area contributed by atoms with Crippen molar-refractivity contribution in [2.75, 3.05) is 6.61 Å². The van der Waals surface area contributed by atoms with E-state index in [0.29, 0.717) is 23.5 Å². The van der Waals surface area contributed by atoms with E-state index in [4.69, 9.17) is 14.2 Å². The van der Waals surface area contributed by atoms with Crippen LogP contribution in [0.4, 0.5) is 0 Å². The van der Waals surface area contributed by atoms with Crippen LogP contribution < -0.4 is 9.47 Å². The molecule has 0 heterocycles. The summed E-state index contributed by atoms with van der Waals surface area (Å²) in [5.74, 6) is 6.70. The topological polar surface area (TPSA) is 61.8 Å². The molecule has 0 unspecified atom stereocenters. The van der Waals surface area contributed by atoms with Gasteiger partial charge in [-0.25, -0.2) is 9.59 Å². The Hall–Kier alpha value is -4.04. The fourth-order valence-electron chi connectivity index (χ4n) is 4.53. The molecule has 228 valence electrons. The van der Waals surface area contributed by atoms with Gasteiger partial charge in [0.15, 0.2) is 0 Å². The summed E-state index contributed by atoms with van der Waals surface area (Å²) in [5.41, 5.74) is 2.51. The fraction of sp³-hybridized carbons (Fsp3) is 0.421. The lowest BCUT2D eigenvalue weighted by atomic mass is 10.1. The van der Waals surface area contributed by atoms with Crippen molar-refractivity contribution in [1.82, 2.24) is 0 Å². The minimum atomic E-state index is -0.432. The number of esters is 2. The van der Waals surface area contributed by atoms with E-state index in [9.17, 15) is 9.59 Å². The maximum atomic E-state index is 12.6. The first-order chi connectivity index (χ1) is 21.0. The van der Waals surface area contributed by atoms with Gasteiger partial charge >= 0.3 is 11.9 Å². The zero-order chi connectivity index (χ0) is 30.7. The van der Waals surface area contributed by atoms with Crippen molar-refractivity contribution in [1.29, 1.82) is 0 Å². The van der Waals surface area contributed by atoms with Gasteiger partial charge in [-0.05, 0) is 99.0 Å². The van der Waals surface area contributed by atoms with Crippen LogP contribution in [-0.2, 0) is 4.74 Å². The molecule has 0 bridgehead atoms. The first kappa shape index (κ1) is 33.5. The van der Waals surface area contributed by atoms with E-state index in [1.54, 1.807) is 48.5 Å². The zero-order valence-electron chi connectivity index (χ0n) is 26.0. The number of hydrogen-bond donors (Lipinski definition) is 0. The highest BCUT2D eigenvalue weighted by Crippen LogP contribution is 2.20. The van der Waals surface area contributed by atoms with Crippen LogP contribution in [0.15, 0.2) is 72.8 Å². The van der Waals surface area contributed by atoms with Gasteiger partial charge in [0.1, 0.15) is 11.5 Å². The molecule has 3 rings (SSSR count). The normalized spacial score (nSPS) is 11.2. The smallest absolute Gasteiger partial charge is 0.343 e. The molecule has 3 aromatic carbocycles. The predicted octanol–water partition coefficient (Wildman–Crippen LogP) is 9.56. The summed E-state index contributed by atoms with van der Waals surface area (Å²) in [6.07, 6.45) is 12.8. The van der Waals surface area contributed by atoms with Crippen LogP contribution in [0, 0.1) is 11.8 Å². The van der Waals surface area contributed by atoms with E-state index >= 15 is 0 Å². The van der Waals surface area contributed by atoms with Gasteiger partial charge in [-0.3, -0.25) is 0 Å². The maximum Gasteiger partial charge on any atom is 0.343 e. The van der Waals surface area contributed by atoms with Crippen LogP contribution >= 0.6 is 0 Å². The molecule has 5 heteroatoms. The van der Waals surface area contributed by atoms with Gasteiger partial charge in [-0.1, -0.05) is 77.1 Å². The summed E-state index contributed by atoms with van der Waals surface area (Å²) in [6, 6.07) is 21.2. The minimum absolute atomic E-state index is 0.0937. The lowest BCUT2D eigenvalue weighted by molar-refractivity contribution is 0.0319. The second-order valence-corrected chi connectivity index (χ2v) is 10.9. The van der Waals surface area contributed by atoms with Crippen molar-refractivity contribution in [3.05, 3.63) is 95.1 Å². The summed E-state index contributed by atoms with van der Waals surface area (Å²) >= 11 is 0. The average Bonchev–Trinajstić information content (AvgIpc) is 3.03. The molecule has 43 heavy (non-hydrogen) atoms. The standard InChI is InChI=1S/C38H46O5/c1-4-6-8-10-11-13-29-41-35-25-27-36(28-26-35)43-38(40)34-23-19-32(20-24-34)16-15-31-17-21-33(22-18-31)37(39)42-30(3)14-12-9-7-5-2/h17-28,30H,4-14,29H2,1-3H3/t30-/m1/s1. The quantitative estimate of drug-likeness (QED) is 0.0686. The van der Waals surface area contributed by atoms with Crippen molar-refractivity contribution >= 4 is 11.9 Å². The van der Waals surface area contributed by atoms with Crippen LogP contribution in [0.3, 0.4) is 0 Å². The van der Waals surface area contributed by atoms with Crippen molar-refractivity contribution < 1.29 is 23.8 Å². The molecule has 0 spiro atoms. The van der Waals surface area contributed by atoms with Crippen LogP contribution in [0.5, 0.6) is 11.5 Å². The van der Waals surface area contributed by atoms with Crippen LogP contribution in [0.1, 0.15) is 123 Å². The van der Waals surface area contributed by atoms with Crippen molar-refractivity contribution in [2.24, 2.45) is 0 Å². The molecular weight excluding hydrogens is 536 g/mol. The third kappa shape index (κ3) is 12.8. The van der Waals surface area contributed by atoms with E-state index in [0.717, 1.165) is 36.1 Å². The molecule has 0 aliphatic rings. The Bertz CT molecular complexity index is 1300. The summed E-state index contributed by atoms with van der Waals surface area (Å²) in [7, 11) is 0. The Kier molecular flexibility index (Phi) is 14.9. The molecule has 0 aliphatic carbocycles. The van der Waals surface area contributed by atoms with E-state index in [1.165, 1.54) is 51.4 Å². The number of carbonyl (C=O) groups is 2. The van der Waals surface area contributed by atoms with Crippen molar-refractivity contribution in [3.63, 3.8) is 0 Å². The molecule has 0 N–H and O–H groups in total. The van der Waals surface area contributed by atoms with Crippen molar-refractivity contribution in [3.8, 4) is 23.3 Å². The lowest BCUT2D eigenvalue weighted by Crippen LogP contribution is -2.15. The third-order valence-electron chi connectivity index (χ3n) is 7.17. The molecule has 0 saturated heterocycles. The van der Waals surface area contributed by atoms with Gasteiger partial charge in [-0.15, -0.1) is 0 Å². The molecular formula is C38H46O5. The second-order valence-electron chi connectivity index (χ2n) is 10.9.